The first-order valence-electron chi connectivity index (χ1n) is 9.61. The van der Waals surface area contributed by atoms with Crippen molar-refractivity contribution in [1.82, 2.24) is 14.9 Å². The summed E-state index contributed by atoms with van der Waals surface area (Å²) >= 11 is 11.5. The number of ether oxygens (including phenoxy) is 2. The Hall–Kier alpha value is -2.84. The number of rotatable bonds is 5. The van der Waals surface area contributed by atoms with Gasteiger partial charge >= 0.3 is 0 Å². The fourth-order valence-corrected chi connectivity index (χ4v) is 4.02. The highest BCUT2D eigenvalue weighted by Crippen LogP contribution is 2.38. The van der Waals surface area contributed by atoms with Crippen LogP contribution in [0.2, 0.25) is 5.02 Å². The molecule has 0 spiro atoms. The molecule has 2 aromatic carbocycles. The molecule has 0 fully saturated rings. The molecule has 4 rings (SSSR count). The molecule has 30 heavy (non-hydrogen) atoms. The molecule has 0 aliphatic carbocycles. The lowest BCUT2D eigenvalue weighted by molar-refractivity contribution is 0.0954. The summed E-state index contributed by atoms with van der Waals surface area (Å²) in [4.78, 5) is 28.1. The van der Waals surface area contributed by atoms with Gasteiger partial charge in [-0.25, -0.2) is 0 Å². The van der Waals surface area contributed by atoms with Crippen LogP contribution in [0, 0.1) is 4.77 Å². The van der Waals surface area contributed by atoms with E-state index in [1.165, 1.54) is 4.57 Å². The number of nitrogens with zero attached hydrogens (tertiary/aromatic N) is 1. The number of halogens is 1. The van der Waals surface area contributed by atoms with Gasteiger partial charge in [0.25, 0.3) is 11.5 Å². The second-order valence-corrected chi connectivity index (χ2v) is 7.64. The molecule has 0 atom stereocenters. The van der Waals surface area contributed by atoms with Gasteiger partial charge in [-0.3, -0.25) is 14.2 Å². The molecular weight excluding hydrogens is 426 g/mol. The van der Waals surface area contributed by atoms with Crippen molar-refractivity contribution in [3.05, 3.63) is 61.6 Å². The molecule has 1 aromatic heterocycles. The van der Waals surface area contributed by atoms with Gasteiger partial charge in [-0.15, -0.1) is 0 Å². The number of hydrogen-bond donors (Lipinski definition) is 2. The van der Waals surface area contributed by atoms with Crippen molar-refractivity contribution in [2.24, 2.45) is 0 Å². The standard InChI is InChI=1S/C21H20ClN3O4S/c1-2-25-20(27)14-4-3-13(11-16(14)24-21(25)30)19(26)23-6-5-12-9-15(22)18-17(10-12)28-7-8-29-18/h3-4,9-11H,2,5-8H2,1H3,(H,23,26)(H,24,30). The number of carbonyl (C=O) groups is 1. The molecule has 2 N–H and O–H groups in total. The molecule has 156 valence electrons. The average molecular weight is 446 g/mol. The normalized spacial score (nSPS) is 12.7. The van der Waals surface area contributed by atoms with E-state index in [1.807, 2.05) is 19.1 Å². The molecule has 9 heteroatoms. The Morgan fingerprint density at radius 2 is 2.07 bits per heavy atom. The summed E-state index contributed by atoms with van der Waals surface area (Å²) in [6.45, 7) is 3.71. The SMILES string of the molecule is CCn1c(=S)[nH]c2cc(C(=O)NCCc3cc(Cl)c4c(c3)OCCO4)ccc2c1=O. The van der Waals surface area contributed by atoms with Gasteiger partial charge in [-0.1, -0.05) is 11.6 Å². The zero-order valence-corrected chi connectivity index (χ0v) is 17.9. The van der Waals surface area contributed by atoms with Crippen LogP contribution in [-0.4, -0.2) is 35.2 Å². The van der Waals surface area contributed by atoms with E-state index in [4.69, 9.17) is 33.3 Å². The smallest absolute Gasteiger partial charge is 0.262 e. The summed E-state index contributed by atoms with van der Waals surface area (Å²) in [5.74, 6) is 0.948. The molecule has 0 unspecified atom stereocenters. The van der Waals surface area contributed by atoms with E-state index in [-0.39, 0.29) is 11.5 Å². The maximum atomic E-state index is 12.6. The lowest BCUT2D eigenvalue weighted by atomic mass is 10.1. The molecule has 0 saturated heterocycles. The summed E-state index contributed by atoms with van der Waals surface area (Å²) < 4.78 is 12.9. The predicted octanol–water partition coefficient (Wildman–Crippen LogP) is 3.48. The van der Waals surface area contributed by atoms with E-state index in [9.17, 15) is 9.59 Å². The summed E-state index contributed by atoms with van der Waals surface area (Å²) in [5.41, 5.74) is 1.76. The van der Waals surface area contributed by atoms with Crippen LogP contribution >= 0.6 is 23.8 Å². The Morgan fingerprint density at radius 1 is 1.27 bits per heavy atom. The number of H-pyrrole nitrogens is 1. The number of nitrogens with one attached hydrogen (secondary N) is 2. The Bertz CT molecular complexity index is 1250. The monoisotopic (exact) mass is 445 g/mol. The van der Waals surface area contributed by atoms with Gasteiger partial charge in [0.1, 0.15) is 13.2 Å². The number of amides is 1. The molecule has 0 saturated carbocycles. The second-order valence-electron chi connectivity index (χ2n) is 6.85. The van der Waals surface area contributed by atoms with Crippen LogP contribution in [0.5, 0.6) is 11.5 Å². The van der Waals surface area contributed by atoms with E-state index >= 15 is 0 Å². The van der Waals surface area contributed by atoms with Crippen LogP contribution in [0.15, 0.2) is 35.1 Å². The quantitative estimate of drug-likeness (QED) is 0.587. The molecular formula is C21H20ClN3O4S. The number of fused-ring (bicyclic) bond motifs is 2. The van der Waals surface area contributed by atoms with Crippen LogP contribution in [0.1, 0.15) is 22.8 Å². The average Bonchev–Trinajstić information content (AvgIpc) is 2.73. The zero-order chi connectivity index (χ0) is 21.3. The Morgan fingerprint density at radius 3 is 2.87 bits per heavy atom. The van der Waals surface area contributed by atoms with E-state index in [0.717, 1.165) is 5.56 Å². The summed E-state index contributed by atoms with van der Waals surface area (Å²) in [7, 11) is 0. The van der Waals surface area contributed by atoms with Crippen molar-refractivity contribution in [1.29, 1.82) is 0 Å². The predicted molar refractivity (Wildman–Crippen MR) is 118 cm³/mol. The summed E-state index contributed by atoms with van der Waals surface area (Å²) in [5, 5.41) is 3.88. The second kappa shape index (κ2) is 8.49. The minimum atomic E-state index is -0.237. The fraction of sp³-hybridized carbons (Fsp3) is 0.286. The molecule has 3 aromatic rings. The molecule has 0 bridgehead atoms. The topological polar surface area (TPSA) is 85.3 Å². The van der Waals surface area contributed by atoms with Crippen LogP contribution in [0.3, 0.4) is 0 Å². The first-order valence-corrected chi connectivity index (χ1v) is 10.4. The molecule has 1 aliphatic heterocycles. The van der Waals surface area contributed by atoms with E-state index in [0.29, 0.717) is 70.5 Å². The highest BCUT2D eigenvalue weighted by atomic mass is 35.5. The largest absolute Gasteiger partial charge is 0.486 e. The van der Waals surface area contributed by atoms with E-state index < -0.39 is 0 Å². The minimum absolute atomic E-state index is 0.168. The van der Waals surface area contributed by atoms with E-state index in [1.54, 1.807) is 18.2 Å². The Labute approximate surface area is 182 Å². The van der Waals surface area contributed by atoms with Crippen LogP contribution in [-0.2, 0) is 13.0 Å². The summed E-state index contributed by atoms with van der Waals surface area (Å²) in [6.07, 6.45) is 0.583. The van der Waals surface area contributed by atoms with Crippen molar-refractivity contribution in [2.75, 3.05) is 19.8 Å². The number of aromatic amines is 1. The van der Waals surface area contributed by atoms with Gasteiger partial charge < -0.3 is 19.8 Å². The van der Waals surface area contributed by atoms with Gasteiger partial charge in [0, 0.05) is 18.7 Å². The lowest BCUT2D eigenvalue weighted by Crippen LogP contribution is -2.26. The van der Waals surface area contributed by atoms with Crippen molar-refractivity contribution in [3.8, 4) is 11.5 Å². The van der Waals surface area contributed by atoms with Gasteiger partial charge in [-0.05, 0) is 61.5 Å². The maximum Gasteiger partial charge on any atom is 0.262 e. The first-order chi connectivity index (χ1) is 14.5. The van der Waals surface area contributed by atoms with Crippen LogP contribution < -0.4 is 20.3 Å². The molecule has 2 heterocycles. The van der Waals surface area contributed by atoms with Crippen LogP contribution in [0.25, 0.3) is 10.9 Å². The molecule has 0 radical (unpaired) electrons. The van der Waals surface area contributed by atoms with Gasteiger partial charge in [0.05, 0.1) is 15.9 Å². The van der Waals surface area contributed by atoms with Gasteiger partial charge in [0.15, 0.2) is 16.3 Å². The highest BCUT2D eigenvalue weighted by molar-refractivity contribution is 7.71. The minimum Gasteiger partial charge on any atom is -0.486 e. The maximum absolute atomic E-state index is 12.6. The molecule has 1 amide bonds. The van der Waals surface area contributed by atoms with Crippen molar-refractivity contribution < 1.29 is 14.3 Å². The Kier molecular flexibility index (Phi) is 5.78. The number of benzene rings is 2. The third-order valence-electron chi connectivity index (χ3n) is 4.92. The van der Waals surface area contributed by atoms with E-state index in [2.05, 4.69) is 10.3 Å². The Balaban J connectivity index is 1.47. The van der Waals surface area contributed by atoms with Crippen molar-refractivity contribution >= 4 is 40.6 Å². The van der Waals surface area contributed by atoms with Crippen molar-refractivity contribution in [3.63, 3.8) is 0 Å². The highest BCUT2D eigenvalue weighted by Gasteiger charge is 2.17. The fourth-order valence-electron chi connectivity index (χ4n) is 3.41. The van der Waals surface area contributed by atoms with Gasteiger partial charge in [0.2, 0.25) is 0 Å². The zero-order valence-electron chi connectivity index (χ0n) is 16.3. The summed E-state index contributed by atoms with van der Waals surface area (Å²) in [6, 6.07) is 8.61. The molecule has 7 nitrogen and oxygen atoms in total. The van der Waals surface area contributed by atoms with Gasteiger partial charge in [-0.2, -0.15) is 0 Å². The number of carbonyl (C=O) groups excluding carboxylic acids is 1. The number of hydrogen-bond acceptors (Lipinski definition) is 5. The van der Waals surface area contributed by atoms with Crippen LogP contribution in [0.4, 0.5) is 0 Å². The number of aromatic nitrogens is 2. The third-order valence-corrected chi connectivity index (χ3v) is 5.52. The molecule has 1 aliphatic rings. The third kappa shape index (κ3) is 3.93. The lowest BCUT2D eigenvalue weighted by Gasteiger charge is -2.20. The van der Waals surface area contributed by atoms with Crippen molar-refractivity contribution in [2.45, 2.75) is 19.9 Å². The first kappa shape index (κ1) is 20.4.